The van der Waals surface area contributed by atoms with E-state index in [1.165, 1.54) is 6.08 Å². The van der Waals surface area contributed by atoms with E-state index in [2.05, 4.69) is 4.98 Å². The van der Waals surface area contributed by atoms with Gasteiger partial charge in [0.2, 0.25) is 6.20 Å². The molecule has 1 heterocycles. The van der Waals surface area contributed by atoms with E-state index < -0.39 is 11.0 Å². The smallest absolute Gasteiger partial charge is 0.236 e. The molecular formula is C9H10N2O3. The Morgan fingerprint density at radius 3 is 2.93 bits per heavy atom. The Morgan fingerprint density at radius 2 is 2.36 bits per heavy atom. The summed E-state index contributed by atoms with van der Waals surface area (Å²) in [6.07, 6.45) is 1.43. The lowest BCUT2D eigenvalue weighted by Gasteiger charge is -2.02. The first-order valence-corrected chi connectivity index (χ1v) is 4.06. The molecular weight excluding hydrogens is 184 g/mol. The van der Waals surface area contributed by atoms with Crippen molar-refractivity contribution >= 4 is 6.08 Å². The maximum atomic E-state index is 10.0. The van der Waals surface area contributed by atoms with Crippen LogP contribution in [0.2, 0.25) is 0 Å². The average molecular weight is 194 g/mol. The average Bonchev–Trinajstić information content (AvgIpc) is 2.15. The molecule has 0 radical (unpaired) electrons. The summed E-state index contributed by atoms with van der Waals surface area (Å²) in [4.78, 5) is 13.5. The summed E-state index contributed by atoms with van der Waals surface area (Å²) in [7, 11) is 0. The fourth-order valence-electron chi connectivity index (χ4n) is 0.932. The highest BCUT2D eigenvalue weighted by atomic mass is 16.6. The molecule has 0 saturated heterocycles. The van der Waals surface area contributed by atoms with E-state index in [0.29, 0.717) is 11.4 Å². The number of aliphatic hydroxyl groups excluding tert-OH is 1. The van der Waals surface area contributed by atoms with Crippen LogP contribution >= 0.6 is 0 Å². The minimum Gasteiger partial charge on any atom is -0.387 e. The van der Waals surface area contributed by atoms with Gasteiger partial charge in [-0.1, -0.05) is 6.07 Å². The van der Waals surface area contributed by atoms with E-state index in [4.69, 9.17) is 0 Å². The molecule has 0 spiro atoms. The van der Waals surface area contributed by atoms with Gasteiger partial charge in [-0.15, -0.1) is 0 Å². The molecule has 5 nitrogen and oxygen atoms in total. The maximum absolute atomic E-state index is 10.0. The Hall–Kier alpha value is -1.75. The van der Waals surface area contributed by atoms with Gasteiger partial charge in [-0.05, 0) is 19.1 Å². The second-order valence-electron chi connectivity index (χ2n) is 2.76. The lowest BCUT2D eigenvalue weighted by atomic mass is 10.2. The van der Waals surface area contributed by atoms with Gasteiger partial charge in [-0.25, -0.2) is 0 Å². The van der Waals surface area contributed by atoms with Crippen molar-refractivity contribution in [1.29, 1.82) is 0 Å². The number of aromatic nitrogens is 1. The molecule has 0 aliphatic carbocycles. The van der Waals surface area contributed by atoms with Gasteiger partial charge in [-0.3, -0.25) is 15.1 Å². The third-order valence-corrected chi connectivity index (χ3v) is 1.59. The van der Waals surface area contributed by atoms with E-state index >= 15 is 0 Å². The lowest BCUT2D eigenvalue weighted by Crippen LogP contribution is -1.96. The molecule has 0 fully saturated rings. The molecule has 1 unspecified atom stereocenters. The molecule has 5 heteroatoms. The van der Waals surface area contributed by atoms with Gasteiger partial charge in [0.1, 0.15) is 0 Å². The van der Waals surface area contributed by atoms with Crippen LogP contribution in [-0.4, -0.2) is 15.0 Å². The second-order valence-corrected chi connectivity index (χ2v) is 2.76. The minimum atomic E-state index is -0.668. The summed E-state index contributed by atoms with van der Waals surface area (Å²) in [6.45, 7) is 1.59. The van der Waals surface area contributed by atoms with E-state index in [0.717, 1.165) is 6.20 Å². The zero-order chi connectivity index (χ0) is 10.6. The zero-order valence-corrected chi connectivity index (χ0v) is 7.62. The number of pyridine rings is 1. The van der Waals surface area contributed by atoms with Crippen LogP contribution < -0.4 is 0 Å². The van der Waals surface area contributed by atoms with Crippen LogP contribution in [0.25, 0.3) is 6.08 Å². The Labute approximate surface area is 80.9 Å². The predicted octanol–water partition coefficient (Wildman–Crippen LogP) is 1.38. The van der Waals surface area contributed by atoms with Gasteiger partial charge in [-0.2, -0.15) is 0 Å². The third-order valence-electron chi connectivity index (χ3n) is 1.59. The molecule has 0 amide bonds. The highest BCUT2D eigenvalue weighted by Crippen LogP contribution is 2.09. The van der Waals surface area contributed by atoms with Gasteiger partial charge >= 0.3 is 0 Å². The zero-order valence-electron chi connectivity index (χ0n) is 7.62. The van der Waals surface area contributed by atoms with Crippen molar-refractivity contribution in [2.45, 2.75) is 13.0 Å². The number of nitro groups is 1. The van der Waals surface area contributed by atoms with Gasteiger partial charge in [0, 0.05) is 6.08 Å². The van der Waals surface area contributed by atoms with Gasteiger partial charge in [0.15, 0.2) is 0 Å². The van der Waals surface area contributed by atoms with Crippen molar-refractivity contribution in [2.24, 2.45) is 0 Å². The monoisotopic (exact) mass is 194 g/mol. The molecule has 1 rings (SSSR count). The number of aliphatic hydroxyl groups is 1. The van der Waals surface area contributed by atoms with Crippen molar-refractivity contribution in [2.75, 3.05) is 0 Å². The van der Waals surface area contributed by atoms with Crippen LogP contribution in [0.5, 0.6) is 0 Å². The van der Waals surface area contributed by atoms with E-state index in [1.54, 1.807) is 25.1 Å². The van der Waals surface area contributed by atoms with Crippen LogP contribution in [0.3, 0.4) is 0 Å². The highest BCUT2D eigenvalue weighted by Gasteiger charge is 2.01. The van der Waals surface area contributed by atoms with Crippen molar-refractivity contribution in [1.82, 2.24) is 4.98 Å². The van der Waals surface area contributed by atoms with Crippen molar-refractivity contribution in [3.63, 3.8) is 0 Å². The highest BCUT2D eigenvalue weighted by molar-refractivity contribution is 5.43. The summed E-state index contributed by atoms with van der Waals surface area (Å²) in [5.41, 5.74) is 0.954. The van der Waals surface area contributed by atoms with Crippen LogP contribution in [0.4, 0.5) is 0 Å². The number of hydrogen-bond acceptors (Lipinski definition) is 4. The molecule has 0 aliphatic heterocycles. The SMILES string of the molecule is CC(O)c1cccc(/C=C\[N+](=O)[O-])n1. The normalized spacial score (nSPS) is 13.0. The van der Waals surface area contributed by atoms with Crippen LogP contribution in [-0.2, 0) is 0 Å². The molecule has 0 aliphatic rings. The second kappa shape index (κ2) is 4.48. The molecule has 1 aromatic heterocycles. The molecule has 1 atom stereocenters. The van der Waals surface area contributed by atoms with E-state index in [9.17, 15) is 15.2 Å². The Kier molecular flexibility index (Phi) is 3.30. The molecule has 0 bridgehead atoms. The van der Waals surface area contributed by atoms with Gasteiger partial charge in [0.05, 0.1) is 22.4 Å². The van der Waals surface area contributed by atoms with Crippen LogP contribution in [0.1, 0.15) is 24.4 Å². The Morgan fingerprint density at radius 1 is 1.64 bits per heavy atom. The maximum Gasteiger partial charge on any atom is 0.236 e. The first-order valence-electron chi connectivity index (χ1n) is 4.06. The fourth-order valence-corrected chi connectivity index (χ4v) is 0.932. The van der Waals surface area contributed by atoms with Crippen molar-refractivity contribution < 1.29 is 10.0 Å². The van der Waals surface area contributed by atoms with Crippen molar-refractivity contribution in [3.05, 3.63) is 45.9 Å². The summed E-state index contributed by atoms with van der Waals surface area (Å²) in [5, 5.41) is 19.2. The molecule has 74 valence electrons. The summed E-state index contributed by atoms with van der Waals surface area (Å²) in [6, 6.07) is 4.98. The third kappa shape index (κ3) is 2.95. The van der Waals surface area contributed by atoms with Crippen LogP contribution in [0.15, 0.2) is 24.4 Å². The predicted molar refractivity (Wildman–Crippen MR) is 50.9 cm³/mol. The van der Waals surface area contributed by atoms with Gasteiger partial charge < -0.3 is 5.11 Å². The lowest BCUT2D eigenvalue weighted by molar-refractivity contribution is -0.401. The topological polar surface area (TPSA) is 76.3 Å². The summed E-state index contributed by atoms with van der Waals surface area (Å²) < 4.78 is 0. The summed E-state index contributed by atoms with van der Waals surface area (Å²) in [5.74, 6) is 0. The summed E-state index contributed by atoms with van der Waals surface area (Å²) >= 11 is 0. The molecule has 0 saturated carbocycles. The van der Waals surface area contributed by atoms with Crippen LogP contribution in [0, 0.1) is 10.1 Å². The standard InChI is InChI=1S/C9H10N2O3/c1-7(12)9-4-2-3-8(10-9)5-6-11(13)14/h2-7,12H,1H3/b6-5-. The number of rotatable bonds is 3. The first-order chi connectivity index (χ1) is 6.59. The Bertz CT molecular complexity index is 361. The van der Waals surface area contributed by atoms with E-state index in [-0.39, 0.29) is 0 Å². The quantitative estimate of drug-likeness (QED) is 0.582. The number of hydrogen-bond donors (Lipinski definition) is 1. The number of nitrogens with zero attached hydrogens (tertiary/aromatic N) is 2. The molecule has 0 aromatic carbocycles. The largest absolute Gasteiger partial charge is 0.387 e. The van der Waals surface area contributed by atoms with Gasteiger partial charge in [0.25, 0.3) is 0 Å². The Balaban J connectivity index is 2.89. The van der Waals surface area contributed by atoms with E-state index in [1.807, 2.05) is 0 Å². The first kappa shape index (κ1) is 10.3. The molecule has 1 N–H and O–H groups in total. The minimum absolute atomic E-state index is 0.458. The molecule has 1 aromatic rings. The fraction of sp³-hybridized carbons (Fsp3) is 0.222. The van der Waals surface area contributed by atoms with Crippen molar-refractivity contribution in [3.8, 4) is 0 Å². The molecule has 14 heavy (non-hydrogen) atoms.